The van der Waals surface area contributed by atoms with Crippen LogP contribution in [0.1, 0.15) is 0 Å². The van der Waals surface area contributed by atoms with Gasteiger partial charge in [-0.2, -0.15) is 39.5 Å². The SMILES string of the molecule is COc1ccc([N+](=O)[O-])cc1NC(=O)C(F)(F)C(F)(F)C(F)(F)C(F)(F)F. The van der Waals surface area contributed by atoms with Crippen LogP contribution in [0.15, 0.2) is 18.2 Å². The Kier molecular flexibility index (Phi) is 5.59. The number of carbonyl (C=O) groups excluding carboxylic acids is 1. The molecule has 15 heteroatoms. The lowest BCUT2D eigenvalue weighted by molar-refractivity contribution is -0.388. The molecule has 1 rings (SSSR count). The van der Waals surface area contributed by atoms with Crippen molar-refractivity contribution in [3.63, 3.8) is 0 Å². The van der Waals surface area contributed by atoms with Crippen LogP contribution >= 0.6 is 0 Å². The van der Waals surface area contributed by atoms with Crippen LogP contribution in [0.3, 0.4) is 0 Å². The molecule has 0 aliphatic rings. The van der Waals surface area contributed by atoms with E-state index in [4.69, 9.17) is 0 Å². The molecule has 0 atom stereocenters. The van der Waals surface area contributed by atoms with E-state index in [0.717, 1.165) is 24.6 Å². The molecule has 1 amide bonds. The lowest BCUT2D eigenvalue weighted by Gasteiger charge is -2.32. The Morgan fingerprint density at radius 2 is 1.56 bits per heavy atom. The summed E-state index contributed by atoms with van der Waals surface area (Å²) in [4.78, 5) is 20.8. The molecule has 0 aromatic heterocycles. The highest BCUT2D eigenvalue weighted by atomic mass is 19.4. The van der Waals surface area contributed by atoms with Crippen molar-refractivity contribution in [3.8, 4) is 5.75 Å². The van der Waals surface area contributed by atoms with Crippen molar-refractivity contribution >= 4 is 17.3 Å². The molecular formula is C12H7F9N2O4. The number of nitro benzene ring substituents is 1. The molecule has 0 radical (unpaired) electrons. The summed E-state index contributed by atoms with van der Waals surface area (Å²) in [5.74, 6) is -24.9. The van der Waals surface area contributed by atoms with E-state index in [1.54, 1.807) is 0 Å². The first kappa shape index (κ1) is 22.3. The minimum absolute atomic E-state index is 0.340. The van der Waals surface area contributed by atoms with Crippen LogP contribution in [0.25, 0.3) is 0 Å². The second-order valence-electron chi connectivity index (χ2n) is 4.82. The number of anilines is 1. The van der Waals surface area contributed by atoms with Crippen molar-refractivity contribution in [2.75, 3.05) is 12.4 Å². The summed E-state index contributed by atoms with van der Waals surface area (Å²) in [6, 6.07) is 1.82. The van der Waals surface area contributed by atoms with Crippen LogP contribution in [0.2, 0.25) is 0 Å². The number of halogens is 9. The number of nitrogens with one attached hydrogen (secondary N) is 1. The molecule has 1 aromatic carbocycles. The normalized spacial score (nSPS) is 13.3. The van der Waals surface area contributed by atoms with E-state index in [2.05, 4.69) is 4.74 Å². The molecule has 1 aromatic rings. The van der Waals surface area contributed by atoms with Crippen LogP contribution in [0.5, 0.6) is 5.75 Å². The smallest absolute Gasteiger partial charge is 0.460 e. The Bertz CT molecular complexity index is 749. The molecule has 0 aliphatic carbocycles. The van der Waals surface area contributed by atoms with Gasteiger partial charge in [0.2, 0.25) is 0 Å². The summed E-state index contributed by atoms with van der Waals surface area (Å²) in [5.41, 5.74) is -1.90. The lowest BCUT2D eigenvalue weighted by Crippen LogP contribution is -2.64. The number of amides is 1. The Hall–Kier alpha value is -2.74. The maximum absolute atomic E-state index is 13.5. The summed E-state index contributed by atoms with van der Waals surface area (Å²) in [5, 5.41) is 11.5. The van der Waals surface area contributed by atoms with Gasteiger partial charge in [0.05, 0.1) is 17.7 Å². The van der Waals surface area contributed by atoms with Crippen LogP contribution in [-0.4, -0.2) is 41.9 Å². The van der Waals surface area contributed by atoms with Crippen molar-refractivity contribution in [1.82, 2.24) is 0 Å². The second kappa shape index (κ2) is 6.77. The zero-order valence-corrected chi connectivity index (χ0v) is 12.7. The topological polar surface area (TPSA) is 81.5 Å². The third-order valence-corrected chi connectivity index (χ3v) is 3.07. The zero-order chi connectivity index (χ0) is 21.4. The average Bonchev–Trinajstić information content (AvgIpc) is 2.53. The molecule has 0 saturated carbocycles. The van der Waals surface area contributed by atoms with Gasteiger partial charge in [-0.1, -0.05) is 0 Å². The number of non-ortho nitro benzene ring substituents is 1. The first-order valence-corrected chi connectivity index (χ1v) is 6.34. The Balaban J connectivity index is 3.33. The lowest BCUT2D eigenvalue weighted by atomic mass is 10.0. The van der Waals surface area contributed by atoms with Gasteiger partial charge in [0, 0.05) is 12.1 Å². The number of benzene rings is 1. The second-order valence-corrected chi connectivity index (χ2v) is 4.82. The van der Waals surface area contributed by atoms with Gasteiger partial charge in [0.1, 0.15) is 5.75 Å². The molecule has 27 heavy (non-hydrogen) atoms. The fraction of sp³-hybridized carbons (Fsp3) is 0.417. The maximum Gasteiger partial charge on any atom is 0.460 e. The van der Waals surface area contributed by atoms with Crippen molar-refractivity contribution in [2.45, 2.75) is 23.9 Å². The van der Waals surface area contributed by atoms with Gasteiger partial charge in [0.25, 0.3) is 5.69 Å². The highest BCUT2D eigenvalue weighted by molar-refractivity contribution is 5.98. The minimum atomic E-state index is -7.26. The monoisotopic (exact) mass is 414 g/mol. The first-order valence-electron chi connectivity index (χ1n) is 6.34. The Labute approximate surface area is 143 Å². The number of hydrogen-bond donors (Lipinski definition) is 1. The number of nitrogens with zero attached hydrogens (tertiary/aromatic N) is 1. The van der Waals surface area contributed by atoms with Gasteiger partial charge in [-0.25, -0.2) is 0 Å². The molecule has 0 heterocycles. The Morgan fingerprint density at radius 3 is 1.96 bits per heavy atom. The van der Waals surface area contributed by atoms with Gasteiger partial charge in [-0.15, -0.1) is 0 Å². The van der Waals surface area contributed by atoms with Crippen LogP contribution < -0.4 is 10.1 Å². The zero-order valence-electron chi connectivity index (χ0n) is 12.7. The third-order valence-electron chi connectivity index (χ3n) is 3.07. The third kappa shape index (κ3) is 3.71. The summed E-state index contributed by atoms with van der Waals surface area (Å²) in [6.07, 6.45) is -7.09. The molecule has 0 aliphatic heterocycles. The molecule has 0 spiro atoms. The fourth-order valence-electron chi connectivity index (χ4n) is 1.63. The van der Waals surface area contributed by atoms with Crippen molar-refractivity contribution in [1.29, 1.82) is 0 Å². The molecule has 0 saturated heterocycles. The minimum Gasteiger partial charge on any atom is -0.495 e. The van der Waals surface area contributed by atoms with Crippen molar-refractivity contribution in [2.24, 2.45) is 0 Å². The number of hydrogen-bond acceptors (Lipinski definition) is 4. The number of rotatable bonds is 6. The van der Waals surface area contributed by atoms with E-state index in [1.807, 2.05) is 0 Å². The van der Waals surface area contributed by atoms with Crippen LogP contribution in [0, 0.1) is 10.1 Å². The van der Waals surface area contributed by atoms with Crippen molar-refractivity contribution in [3.05, 3.63) is 28.3 Å². The van der Waals surface area contributed by atoms with Gasteiger partial charge >= 0.3 is 29.9 Å². The molecular weight excluding hydrogens is 407 g/mol. The summed E-state index contributed by atoms with van der Waals surface area (Å²) >= 11 is 0. The van der Waals surface area contributed by atoms with Gasteiger partial charge in [0.15, 0.2) is 0 Å². The maximum atomic E-state index is 13.5. The predicted molar refractivity (Wildman–Crippen MR) is 69.2 cm³/mol. The largest absolute Gasteiger partial charge is 0.495 e. The molecule has 0 unspecified atom stereocenters. The van der Waals surface area contributed by atoms with E-state index in [0.29, 0.717) is 6.07 Å². The van der Waals surface area contributed by atoms with Gasteiger partial charge in [-0.05, 0) is 6.07 Å². The van der Waals surface area contributed by atoms with Crippen LogP contribution in [-0.2, 0) is 4.79 Å². The van der Waals surface area contributed by atoms with Gasteiger partial charge in [-0.3, -0.25) is 14.9 Å². The first-order chi connectivity index (χ1) is 12.0. The molecule has 152 valence electrons. The summed E-state index contributed by atoms with van der Waals surface area (Å²) in [7, 11) is 0.862. The predicted octanol–water partition coefficient (Wildman–Crippen LogP) is 4.01. The molecule has 0 bridgehead atoms. The number of carbonyl (C=O) groups is 1. The molecule has 0 fully saturated rings. The highest BCUT2D eigenvalue weighted by Gasteiger charge is 2.83. The van der Waals surface area contributed by atoms with Gasteiger partial charge < -0.3 is 10.1 Å². The Morgan fingerprint density at radius 1 is 1.04 bits per heavy atom. The average molecular weight is 414 g/mol. The number of alkyl halides is 9. The van der Waals surface area contributed by atoms with Crippen LogP contribution in [0.4, 0.5) is 50.9 Å². The number of nitro groups is 1. The van der Waals surface area contributed by atoms with Crippen molar-refractivity contribution < 1.29 is 54.0 Å². The van der Waals surface area contributed by atoms with E-state index in [-0.39, 0.29) is 0 Å². The number of ether oxygens (including phenoxy) is 1. The summed E-state index contributed by atoms with van der Waals surface area (Å²) in [6.45, 7) is 0. The van der Waals surface area contributed by atoms with E-state index < -0.39 is 51.9 Å². The quantitative estimate of drug-likeness (QED) is 0.433. The fourth-order valence-corrected chi connectivity index (χ4v) is 1.63. The standard InChI is InChI=1S/C12H7F9N2O4/c1-27-7-3-2-5(23(25)26)4-6(7)22-8(24)9(13,14)10(15,16)11(17,18)12(19,20)21/h2-4H,1H3,(H,22,24). The summed E-state index contributed by atoms with van der Waals surface area (Å²) < 4.78 is 119. The van der Waals surface area contributed by atoms with E-state index >= 15 is 0 Å². The van der Waals surface area contributed by atoms with E-state index in [9.17, 15) is 54.4 Å². The number of methoxy groups -OCH3 is 1. The highest BCUT2D eigenvalue weighted by Crippen LogP contribution is 2.53. The molecule has 1 N–H and O–H groups in total. The van der Waals surface area contributed by atoms with E-state index in [1.165, 1.54) is 0 Å². The molecule has 6 nitrogen and oxygen atoms in total.